The Balaban J connectivity index is -0.0000000400. The molecule has 7 heteroatoms. The van der Waals surface area contributed by atoms with E-state index < -0.39 is 30.8 Å². The monoisotopic (exact) mass is 199 g/mol. The molecule has 0 radical (unpaired) electrons. The van der Waals surface area contributed by atoms with Crippen molar-refractivity contribution >= 4 is 81.4 Å². The Labute approximate surface area is 94.4 Å². The van der Waals surface area contributed by atoms with Crippen molar-refractivity contribution in [3.63, 3.8) is 0 Å². The number of rotatable bonds is 0. The van der Waals surface area contributed by atoms with Gasteiger partial charge in [0.2, 0.25) is 0 Å². The number of hydrogen-bond donors (Lipinski definition) is 1. The van der Waals surface area contributed by atoms with E-state index >= 15 is 0 Å². The van der Waals surface area contributed by atoms with E-state index in [1.54, 1.807) is 0 Å². The standard InChI is InChI=1S/2Ca.2ClH.HNO2.2H/c;;;;2-1-3;;/h;;2*1H;1H;;/q;+2;;;;;/p-2. The molecule has 38 valence electrons. The molecule has 0 bridgehead atoms. The van der Waals surface area contributed by atoms with Crippen LogP contribution in [-0.2, 0) is 0 Å². The summed E-state index contributed by atoms with van der Waals surface area (Å²) in [5.74, 6) is 0. The van der Waals surface area contributed by atoms with Crippen LogP contribution in [0.5, 0.6) is 0 Å². The van der Waals surface area contributed by atoms with Gasteiger partial charge in [0.05, 0.1) is 0 Å². The summed E-state index contributed by atoms with van der Waals surface area (Å²) in [5.41, 5.74) is 0. The van der Waals surface area contributed by atoms with E-state index in [-0.39, 0.29) is 43.1 Å². The maximum atomic E-state index is 8.12. The molecule has 0 amide bonds. The fraction of sp³-hybridized carbons (Fsp3) is 0. The Morgan fingerprint density at radius 3 is 1.57 bits per heavy atom. The van der Waals surface area contributed by atoms with E-state index in [1.807, 2.05) is 0 Å². The van der Waals surface area contributed by atoms with Crippen LogP contribution in [0, 0.1) is 10.1 Å². The normalized spacial score (nSPS) is 3.14. The van der Waals surface area contributed by atoms with E-state index in [0.717, 1.165) is 0 Å². The zero-order valence-corrected chi connectivity index (χ0v) is 6.50. The van der Waals surface area contributed by atoms with Gasteiger partial charge in [0, 0.05) is 5.34 Å². The molecule has 0 aliphatic rings. The SMILES string of the molecule is O=[NH+][O-].[CaH2].[Cl][Ca][Cl]. The third-order valence-electron chi connectivity index (χ3n) is 0. The van der Waals surface area contributed by atoms with E-state index in [9.17, 15) is 0 Å². The Kier molecular flexibility index (Phi) is 54.8. The molecule has 0 saturated heterocycles. The van der Waals surface area contributed by atoms with E-state index in [1.165, 1.54) is 0 Å². The van der Waals surface area contributed by atoms with Crippen molar-refractivity contribution in [2.45, 2.75) is 0 Å². The first-order valence-electron chi connectivity index (χ1n) is 0.943. The van der Waals surface area contributed by atoms with Crippen molar-refractivity contribution in [1.82, 2.24) is 0 Å². The molecular formula is H3Ca2Cl2NO2. The summed E-state index contributed by atoms with van der Waals surface area (Å²) in [6.45, 7) is 0. The summed E-state index contributed by atoms with van der Waals surface area (Å²) in [7, 11) is 0. The fourth-order valence-corrected chi connectivity index (χ4v) is 0. The molecule has 0 atom stereocenters. The second-order valence-corrected chi connectivity index (χ2v) is 3.83. The van der Waals surface area contributed by atoms with Gasteiger partial charge in [0.1, 0.15) is 0 Å². The summed E-state index contributed by atoms with van der Waals surface area (Å²) in [6, 6.07) is 0. The maximum absolute atomic E-state index is 8.12. The summed E-state index contributed by atoms with van der Waals surface area (Å²) in [5, 5.41) is 8.38. The van der Waals surface area contributed by atoms with Gasteiger partial charge in [-0.25, -0.2) is 0 Å². The third kappa shape index (κ3) is 57.5. The average Bonchev–Trinajstić information content (AvgIpc) is 1.39. The predicted molar refractivity (Wildman–Crippen MR) is 33.7 cm³/mol. The average molecular weight is 200 g/mol. The summed E-state index contributed by atoms with van der Waals surface area (Å²) >= 11 is -0.931. The van der Waals surface area contributed by atoms with Crippen molar-refractivity contribution < 1.29 is 5.34 Å². The Bertz CT molecular complexity index is 27.7. The van der Waals surface area contributed by atoms with Crippen LogP contribution in [0.2, 0.25) is 0 Å². The number of hydrogen-bond acceptors (Lipinski definition) is 2. The van der Waals surface area contributed by atoms with Crippen molar-refractivity contribution in [1.29, 1.82) is 0 Å². The predicted octanol–water partition coefficient (Wildman–Crippen LogP) is -1.59. The molecular weight excluding hydrogens is 197 g/mol. The molecule has 7 heavy (non-hydrogen) atoms. The van der Waals surface area contributed by atoms with Crippen LogP contribution in [0.3, 0.4) is 0 Å². The Hall–Kier alpha value is 2.50. The number of nitrogens with one attached hydrogen (secondary N) is 1. The molecule has 1 N–H and O–H groups in total. The van der Waals surface area contributed by atoms with Crippen molar-refractivity contribution in [2.24, 2.45) is 0 Å². The number of halogens is 2. The minimum absolute atomic E-state index is 0. The Morgan fingerprint density at radius 2 is 1.57 bits per heavy atom. The van der Waals surface area contributed by atoms with Gasteiger partial charge in [0.15, 0.2) is 0 Å². The van der Waals surface area contributed by atoms with Crippen LogP contribution in [0.1, 0.15) is 0 Å². The summed E-state index contributed by atoms with van der Waals surface area (Å²) in [6.07, 6.45) is 9.90. The van der Waals surface area contributed by atoms with Crippen molar-refractivity contribution in [3.05, 3.63) is 10.1 Å². The van der Waals surface area contributed by atoms with Gasteiger partial charge in [-0.15, -0.1) is 0 Å². The molecule has 0 unspecified atom stereocenters. The van der Waals surface area contributed by atoms with Crippen LogP contribution in [0.4, 0.5) is 0 Å². The fourth-order valence-electron chi connectivity index (χ4n) is 0. The van der Waals surface area contributed by atoms with Crippen LogP contribution in [-0.4, -0.2) is 68.6 Å². The zero-order chi connectivity index (χ0) is 5.41. The molecule has 0 aliphatic carbocycles. The van der Waals surface area contributed by atoms with Crippen molar-refractivity contribution in [2.75, 3.05) is 0 Å². The molecule has 0 aromatic rings. The van der Waals surface area contributed by atoms with Gasteiger partial charge >= 0.3 is 81.4 Å². The topological polar surface area (TPSA) is 54.1 Å². The first kappa shape index (κ1) is 16.2. The van der Waals surface area contributed by atoms with Crippen LogP contribution in [0.15, 0.2) is 0 Å². The Morgan fingerprint density at radius 1 is 1.57 bits per heavy atom. The molecule has 0 saturated carbocycles. The first-order chi connectivity index (χ1) is 2.83. The van der Waals surface area contributed by atoms with E-state index in [4.69, 9.17) is 22.9 Å². The van der Waals surface area contributed by atoms with Crippen molar-refractivity contribution in [3.8, 4) is 0 Å². The minimum atomic E-state index is -0.931. The van der Waals surface area contributed by atoms with Gasteiger partial charge in [-0.2, -0.15) is 0 Å². The molecule has 0 aliphatic heterocycles. The van der Waals surface area contributed by atoms with E-state index in [2.05, 4.69) is 0 Å². The second-order valence-electron chi connectivity index (χ2n) is 0.184. The van der Waals surface area contributed by atoms with Gasteiger partial charge < -0.3 is 0 Å². The quantitative estimate of drug-likeness (QED) is 0.291. The molecule has 0 aromatic heterocycles. The molecule has 0 heterocycles. The summed E-state index contributed by atoms with van der Waals surface area (Å²) < 4.78 is 0. The third-order valence-corrected chi connectivity index (χ3v) is 0. The van der Waals surface area contributed by atoms with Gasteiger partial charge in [-0.1, -0.05) is 0 Å². The van der Waals surface area contributed by atoms with E-state index in [0.29, 0.717) is 0 Å². The summed E-state index contributed by atoms with van der Waals surface area (Å²) in [4.78, 5) is 8.12. The van der Waals surface area contributed by atoms with Crippen LogP contribution in [0.25, 0.3) is 0 Å². The first-order valence-corrected chi connectivity index (χ1v) is 7.02. The van der Waals surface area contributed by atoms with Gasteiger partial charge in [-0.3, -0.25) is 10.1 Å². The zero-order valence-electron chi connectivity index (χ0n) is 2.78. The van der Waals surface area contributed by atoms with Gasteiger partial charge in [-0.05, 0) is 0 Å². The second kappa shape index (κ2) is 23.6. The molecule has 0 rings (SSSR count). The van der Waals surface area contributed by atoms with Crippen LogP contribution < -0.4 is 5.34 Å². The van der Waals surface area contributed by atoms with Gasteiger partial charge in [0.25, 0.3) is 0 Å². The molecule has 3 nitrogen and oxygen atoms in total. The molecule has 0 aromatic carbocycles. The van der Waals surface area contributed by atoms with Crippen LogP contribution >= 0.6 is 12.8 Å². The molecule has 0 fully saturated rings. The molecule has 0 spiro atoms.